The molecule has 2 aromatic rings. The lowest BCUT2D eigenvalue weighted by Gasteiger charge is -2.24. The maximum atomic E-state index is 13.8. The second kappa shape index (κ2) is 4.67. The SMILES string of the molecule is Cc1nccn1C(c1ccccc1F)C(C)N. The summed E-state index contributed by atoms with van der Waals surface area (Å²) in [6.45, 7) is 3.76. The first kappa shape index (κ1) is 11.8. The normalized spacial score (nSPS) is 14.6. The van der Waals surface area contributed by atoms with E-state index in [0.717, 1.165) is 5.82 Å². The lowest BCUT2D eigenvalue weighted by molar-refractivity contribution is 0.462. The average Bonchev–Trinajstić information content (AvgIpc) is 2.68. The van der Waals surface area contributed by atoms with Crippen LogP contribution in [0.5, 0.6) is 0 Å². The summed E-state index contributed by atoms with van der Waals surface area (Å²) in [5.41, 5.74) is 6.58. The number of rotatable bonds is 3. The molecule has 1 aromatic heterocycles. The number of aryl methyl sites for hydroxylation is 1. The summed E-state index contributed by atoms with van der Waals surface area (Å²) in [7, 11) is 0. The van der Waals surface area contributed by atoms with Crippen molar-refractivity contribution in [2.45, 2.75) is 25.9 Å². The molecular formula is C13H16FN3. The van der Waals surface area contributed by atoms with Crippen molar-refractivity contribution in [2.75, 3.05) is 0 Å². The Labute approximate surface area is 100 Å². The molecule has 3 nitrogen and oxygen atoms in total. The van der Waals surface area contributed by atoms with E-state index in [4.69, 9.17) is 5.73 Å². The first-order valence-corrected chi connectivity index (χ1v) is 5.60. The molecule has 0 aliphatic rings. The van der Waals surface area contributed by atoms with Crippen molar-refractivity contribution in [3.8, 4) is 0 Å². The monoisotopic (exact) mass is 233 g/mol. The zero-order valence-corrected chi connectivity index (χ0v) is 9.97. The zero-order chi connectivity index (χ0) is 12.4. The van der Waals surface area contributed by atoms with Gasteiger partial charge in [-0.05, 0) is 19.9 Å². The summed E-state index contributed by atoms with van der Waals surface area (Å²) in [6.07, 6.45) is 3.53. The summed E-state index contributed by atoms with van der Waals surface area (Å²) >= 11 is 0. The zero-order valence-electron chi connectivity index (χ0n) is 9.97. The van der Waals surface area contributed by atoms with Gasteiger partial charge in [-0.1, -0.05) is 18.2 Å². The van der Waals surface area contributed by atoms with Gasteiger partial charge in [0.15, 0.2) is 0 Å². The molecule has 0 spiro atoms. The molecule has 90 valence electrons. The van der Waals surface area contributed by atoms with E-state index in [9.17, 15) is 4.39 Å². The van der Waals surface area contributed by atoms with Crippen LogP contribution in [0, 0.1) is 12.7 Å². The standard InChI is InChI=1S/C13H16FN3/c1-9(15)13(17-8-7-16-10(17)2)11-5-3-4-6-12(11)14/h3-9,13H,15H2,1-2H3. The van der Waals surface area contributed by atoms with Gasteiger partial charge >= 0.3 is 0 Å². The molecule has 0 saturated heterocycles. The Morgan fingerprint density at radius 3 is 2.59 bits per heavy atom. The minimum absolute atomic E-state index is 0.195. The first-order chi connectivity index (χ1) is 8.11. The van der Waals surface area contributed by atoms with Crippen molar-refractivity contribution in [1.29, 1.82) is 0 Å². The molecule has 2 atom stereocenters. The number of nitrogens with two attached hydrogens (primary N) is 1. The highest BCUT2D eigenvalue weighted by Gasteiger charge is 2.22. The Morgan fingerprint density at radius 2 is 2.06 bits per heavy atom. The van der Waals surface area contributed by atoms with E-state index >= 15 is 0 Å². The van der Waals surface area contributed by atoms with Crippen LogP contribution in [0.25, 0.3) is 0 Å². The number of imidazole rings is 1. The van der Waals surface area contributed by atoms with Crippen LogP contribution >= 0.6 is 0 Å². The Kier molecular flexibility index (Phi) is 3.24. The average molecular weight is 233 g/mol. The Hall–Kier alpha value is -1.68. The van der Waals surface area contributed by atoms with Gasteiger partial charge in [-0.3, -0.25) is 0 Å². The molecule has 1 heterocycles. The second-order valence-corrected chi connectivity index (χ2v) is 4.21. The van der Waals surface area contributed by atoms with E-state index in [1.54, 1.807) is 18.3 Å². The van der Waals surface area contributed by atoms with Crippen molar-refractivity contribution < 1.29 is 4.39 Å². The van der Waals surface area contributed by atoms with Crippen LogP contribution in [0.1, 0.15) is 24.4 Å². The van der Waals surface area contributed by atoms with Gasteiger partial charge in [-0.15, -0.1) is 0 Å². The third-order valence-electron chi connectivity index (χ3n) is 2.88. The summed E-state index contributed by atoms with van der Waals surface area (Å²) in [6, 6.07) is 6.30. The first-order valence-electron chi connectivity index (χ1n) is 5.60. The highest BCUT2D eigenvalue weighted by Crippen LogP contribution is 2.24. The van der Waals surface area contributed by atoms with E-state index in [-0.39, 0.29) is 17.9 Å². The smallest absolute Gasteiger partial charge is 0.128 e. The van der Waals surface area contributed by atoms with Gasteiger partial charge < -0.3 is 10.3 Å². The summed E-state index contributed by atoms with van der Waals surface area (Å²) in [5.74, 6) is 0.596. The Morgan fingerprint density at radius 1 is 1.35 bits per heavy atom. The number of halogens is 1. The predicted octanol–water partition coefficient (Wildman–Crippen LogP) is 2.27. The third kappa shape index (κ3) is 2.22. The van der Waals surface area contributed by atoms with Crippen LogP contribution < -0.4 is 5.73 Å². The Balaban J connectivity index is 2.51. The quantitative estimate of drug-likeness (QED) is 0.883. The second-order valence-electron chi connectivity index (χ2n) is 4.21. The van der Waals surface area contributed by atoms with Gasteiger partial charge in [-0.25, -0.2) is 9.37 Å². The van der Waals surface area contributed by atoms with Crippen LogP contribution in [0.2, 0.25) is 0 Å². The third-order valence-corrected chi connectivity index (χ3v) is 2.88. The maximum Gasteiger partial charge on any atom is 0.128 e. The lowest BCUT2D eigenvalue weighted by atomic mass is 10.00. The fourth-order valence-electron chi connectivity index (χ4n) is 2.08. The van der Waals surface area contributed by atoms with Gasteiger partial charge in [-0.2, -0.15) is 0 Å². The fraction of sp³-hybridized carbons (Fsp3) is 0.308. The Bertz CT molecular complexity index is 505. The molecule has 17 heavy (non-hydrogen) atoms. The highest BCUT2D eigenvalue weighted by atomic mass is 19.1. The molecule has 2 N–H and O–H groups in total. The van der Waals surface area contributed by atoms with E-state index < -0.39 is 0 Å². The number of hydrogen-bond acceptors (Lipinski definition) is 2. The van der Waals surface area contributed by atoms with Crippen molar-refractivity contribution in [3.63, 3.8) is 0 Å². The minimum atomic E-state index is -0.233. The molecule has 0 saturated carbocycles. The number of hydrogen-bond donors (Lipinski definition) is 1. The van der Waals surface area contributed by atoms with Crippen LogP contribution in [0.15, 0.2) is 36.7 Å². The van der Waals surface area contributed by atoms with Crippen LogP contribution in [-0.2, 0) is 0 Å². The van der Waals surface area contributed by atoms with E-state index in [2.05, 4.69) is 4.98 Å². The van der Waals surface area contributed by atoms with Crippen molar-refractivity contribution in [1.82, 2.24) is 9.55 Å². The molecule has 0 fully saturated rings. The molecule has 1 aromatic carbocycles. The van der Waals surface area contributed by atoms with Gasteiger partial charge in [0.05, 0.1) is 6.04 Å². The molecule has 0 bridgehead atoms. The maximum absolute atomic E-state index is 13.8. The largest absolute Gasteiger partial charge is 0.326 e. The van der Waals surface area contributed by atoms with Crippen molar-refractivity contribution >= 4 is 0 Å². The predicted molar refractivity (Wildman–Crippen MR) is 65.2 cm³/mol. The summed E-state index contributed by atoms with van der Waals surface area (Å²) < 4.78 is 15.7. The molecular weight excluding hydrogens is 217 g/mol. The topological polar surface area (TPSA) is 43.8 Å². The van der Waals surface area contributed by atoms with Gasteiger partial charge in [0, 0.05) is 24.0 Å². The van der Waals surface area contributed by atoms with Crippen LogP contribution in [0.3, 0.4) is 0 Å². The van der Waals surface area contributed by atoms with Crippen LogP contribution in [-0.4, -0.2) is 15.6 Å². The van der Waals surface area contributed by atoms with E-state index in [1.807, 2.05) is 30.7 Å². The van der Waals surface area contributed by atoms with Gasteiger partial charge in [0.25, 0.3) is 0 Å². The summed E-state index contributed by atoms with van der Waals surface area (Å²) in [5, 5.41) is 0. The molecule has 0 aliphatic heterocycles. The van der Waals surface area contributed by atoms with E-state index in [0.29, 0.717) is 5.56 Å². The lowest BCUT2D eigenvalue weighted by Crippen LogP contribution is -2.31. The van der Waals surface area contributed by atoms with Crippen LogP contribution in [0.4, 0.5) is 4.39 Å². The van der Waals surface area contributed by atoms with Crippen molar-refractivity contribution in [3.05, 3.63) is 53.9 Å². The molecule has 2 unspecified atom stereocenters. The molecule has 2 rings (SSSR count). The van der Waals surface area contributed by atoms with Gasteiger partial charge in [0.2, 0.25) is 0 Å². The molecule has 4 heteroatoms. The van der Waals surface area contributed by atoms with Crippen molar-refractivity contribution in [2.24, 2.45) is 5.73 Å². The van der Waals surface area contributed by atoms with Gasteiger partial charge in [0.1, 0.15) is 11.6 Å². The number of aromatic nitrogens is 2. The highest BCUT2D eigenvalue weighted by molar-refractivity contribution is 5.24. The number of benzene rings is 1. The minimum Gasteiger partial charge on any atom is -0.326 e. The summed E-state index contributed by atoms with van der Waals surface area (Å²) in [4.78, 5) is 4.16. The fourth-order valence-corrected chi connectivity index (χ4v) is 2.08. The number of nitrogens with zero attached hydrogens (tertiary/aromatic N) is 2. The molecule has 0 aliphatic carbocycles. The van der Waals surface area contributed by atoms with E-state index in [1.165, 1.54) is 6.07 Å². The molecule has 0 radical (unpaired) electrons. The molecule has 0 amide bonds.